The van der Waals surface area contributed by atoms with Crippen LogP contribution in [0.2, 0.25) is 0 Å². The van der Waals surface area contributed by atoms with Crippen molar-refractivity contribution in [3.8, 4) is 47.3 Å². The molecule has 8 nitrogen and oxygen atoms in total. The third kappa shape index (κ3) is 17.8. The second-order valence-corrected chi connectivity index (χ2v) is 15.1. The van der Waals surface area contributed by atoms with Gasteiger partial charge in [0, 0.05) is 24.3 Å². The molecule has 1 heterocycles. The molecule has 0 spiro atoms. The molecule has 57 heavy (non-hydrogen) atoms. The molecule has 0 saturated carbocycles. The van der Waals surface area contributed by atoms with Gasteiger partial charge in [-0.3, -0.25) is 0 Å². The van der Waals surface area contributed by atoms with E-state index in [0.717, 1.165) is 25.7 Å². The quantitative estimate of drug-likeness (QED) is 0.0381. The second kappa shape index (κ2) is 27.7. The summed E-state index contributed by atoms with van der Waals surface area (Å²) in [4.78, 5) is 25.9. The SMILES string of the molecule is CCCCCCCCCCO[C@@H](C)C(=O)Oc1ccc(C#Cc2sc(C#Cc3ccc(OC(=O)[C@H](C)OCCCCCCCCCC)cc3)c(C#N)c2C#N)cc1. The third-order valence-electron chi connectivity index (χ3n) is 9.31. The summed E-state index contributed by atoms with van der Waals surface area (Å²) in [5.74, 6) is 11.9. The van der Waals surface area contributed by atoms with E-state index in [4.69, 9.17) is 18.9 Å². The number of unbranched alkanes of at least 4 members (excludes halogenated alkanes) is 14. The Morgan fingerprint density at radius 3 is 1.19 bits per heavy atom. The predicted molar refractivity (Wildman–Crippen MR) is 226 cm³/mol. The molecule has 0 N–H and O–H groups in total. The summed E-state index contributed by atoms with van der Waals surface area (Å²) in [6, 6.07) is 17.7. The van der Waals surface area contributed by atoms with Crippen LogP contribution in [0.25, 0.3) is 0 Å². The van der Waals surface area contributed by atoms with Crippen LogP contribution in [0.1, 0.15) is 162 Å². The zero-order valence-electron chi connectivity index (χ0n) is 34.3. The predicted octanol–water partition coefficient (Wildman–Crippen LogP) is 11.2. The lowest BCUT2D eigenvalue weighted by Gasteiger charge is -2.12. The maximum atomic E-state index is 12.5. The van der Waals surface area contributed by atoms with E-state index in [1.165, 1.54) is 88.4 Å². The van der Waals surface area contributed by atoms with Gasteiger partial charge in [-0.05, 0) is 87.1 Å². The number of rotatable bonds is 24. The van der Waals surface area contributed by atoms with Crippen LogP contribution in [-0.2, 0) is 19.1 Å². The summed E-state index contributed by atoms with van der Waals surface area (Å²) in [7, 11) is 0. The average molecular weight is 791 g/mol. The number of ether oxygens (including phenoxy) is 4. The lowest BCUT2D eigenvalue weighted by molar-refractivity contribution is -0.147. The second-order valence-electron chi connectivity index (χ2n) is 14.1. The third-order valence-corrected chi connectivity index (χ3v) is 10.3. The molecule has 1 aromatic heterocycles. The van der Waals surface area contributed by atoms with Crippen LogP contribution in [0, 0.1) is 46.3 Å². The lowest BCUT2D eigenvalue weighted by Crippen LogP contribution is -2.26. The highest BCUT2D eigenvalue weighted by Crippen LogP contribution is 2.27. The number of nitrogens with zero attached hydrogens (tertiary/aromatic N) is 2. The van der Waals surface area contributed by atoms with E-state index in [0.29, 0.717) is 45.6 Å². The Morgan fingerprint density at radius 2 is 0.860 bits per heavy atom. The highest BCUT2D eigenvalue weighted by molar-refractivity contribution is 7.13. The Hall–Kier alpha value is -4.90. The van der Waals surface area contributed by atoms with Crippen LogP contribution in [-0.4, -0.2) is 37.4 Å². The van der Waals surface area contributed by atoms with Crippen molar-refractivity contribution in [1.82, 2.24) is 0 Å². The minimum Gasteiger partial charge on any atom is -0.425 e. The summed E-state index contributed by atoms with van der Waals surface area (Å²) in [6.07, 6.45) is 17.8. The average Bonchev–Trinajstić information content (AvgIpc) is 3.57. The molecule has 0 radical (unpaired) electrons. The molecule has 9 heteroatoms. The van der Waals surface area contributed by atoms with E-state index < -0.39 is 24.1 Å². The number of nitriles is 2. The number of hydrogen-bond donors (Lipinski definition) is 0. The van der Waals surface area contributed by atoms with E-state index in [-0.39, 0.29) is 11.1 Å². The Kier molecular flexibility index (Phi) is 22.6. The molecule has 0 aliphatic carbocycles. The van der Waals surface area contributed by atoms with Gasteiger partial charge in [0.1, 0.15) is 23.6 Å². The number of carbonyl (C=O) groups is 2. The number of thiophene rings is 1. The summed E-state index contributed by atoms with van der Waals surface area (Å²) in [5.41, 5.74) is 1.63. The van der Waals surface area contributed by atoms with Crippen LogP contribution in [0.4, 0.5) is 0 Å². The number of hydrogen-bond acceptors (Lipinski definition) is 9. The smallest absolute Gasteiger partial charge is 0.340 e. The molecular formula is C48H58N2O6S. The minimum atomic E-state index is -0.670. The highest BCUT2D eigenvalue weighted by Gasteiger charge is 2.18. The van der Waals surface area contributed by atoms with E-state index in [2.05, 4.69) is 49.7 Å². The van der Waals surface area contributed by atoms with Crippen molar-refractivity contribution >= 4 is 23.3 Å². The first-order valence-corrected chi connectivity index (χ1v) is 21.5. The topological polar surface area (TPSA) is 119 Å². The Labute approximate surface area is 344 Å². The van der Waals surface area contributed by atoms with Gasteiger partial charge < -0.3 is 18.9 Å². The van der Waals surface area contributed by atoms with Crippen molar-refractivity contribution in [3.63, 3.8) is 0 Å². The van der Waals surface area contributed by atoms with Crippen molar-refractivity contribution in [2.24, 2.45) is 0 Å². The first-order chi connectivity index (χ1) is 27.8. The fourth-order valence-corrected chi connectivity index (χ4v) is 6.73. The molecule has 0 aliphatic rings. The molecule has 0 amide bonds. The van der Waals surface area contributed by atoms with Crippen LogP contribution < -0.4 is 9.47 Å². The maximum Gasteiger partial charge on any atom is 0.340 e. The highest BCUT2D eigenvalue weighted by atomic mass is 32.1. The van der Waals surface area contributed by atoms with Crippen molar-refractivity contribution in [3.05, 3.63) is 80.5 Å². The van der Waals surface area contributed by atoms with Gasteiger partial charge in [-0.1, -0.05) is 116 Å². The van der Waals surface area contributed by atoms with E-state index in [1.807, 2.05) is 0 Å². The molecule has 0 fully saturated rings. The largest absolute Gasteiger partial charge is 0.425 e. The Morgan fingerprint density at radius 1 is 0.526 bits per heavy atom. The fourth-order valence-electron chi connectivity index (χ4n) is 5.82. The summed E-state index contributed by atoms with van der Waals surface area (Å²) in [6.45, 7) is 8.87. The molecule has 3 aromatic rings. The zero-order chi connectivity index (χ0) is 41.1. The van der Waals surface area contributed by atoms with Gasteiger partial charge in [0.25, 0.3) is 0 Å². The van der Waals surface area contributed by atoms with Crippen molar-refractivity contribution in [2.75, 3.05) is 13.2 Å². The minimum absolute atomic E-state index is 0.173. The monoisotopic (exact) mass is 790 g/mol. The molecule has 0 aliphatic heterocycles. The van der Waals surface area contributed by atoms with Crippen molar-refractivity contribution in [1.29, 1.82) is 10.5 Å². The first-order valence-electron chi connectivity index (χ1n) is 20.7. The summed E-state index contributed by atoms with van der Waals surface area (Å²) < 4.78 is 22.4. The Bertz CT molecular complexity index is 1740. The first kappa shape index (κ1) is 46.5. The van der Waals surface area contributed by atoms with Crippen molar-refractivity contribution in [2.45, 2.75) is 143 Å². The Balaban J connectivity index is 1.49. The van der Waals surface area contributed by atoms with Gasteiger partial charge in [-0.2, -0.15) is 10.5 Å². The van der Waals surface area contributed by atoms with E-state index >= 15 is 0 Å². The molecule has 0 bridgehead atoms. The molecule has 2 atom stereocenters. The van der Waals surface area contributed by atoms with Crippen molar-refractivity contribution < 1.29 is 28.5 Å². The van der Waals surface area contributed by atoms with Crippen LogP contribution in [0.3, 0.4) is 0 Å². The van der Waals surface area contributed by atoms with Crippen LogP contribution in [0.5, 0.6) is 11.5 Å². The van der Waals surface area contributed by atoms with Gasteiger partial charge in [-0.25, -0.2) is 9.59 Å². The van der Waals surface area contributed by atoms with E-state index in [9.17, 15) is 20.1 Å². The summed E-state index contributed by atoms with van der Waals surface area (Å²) >= 11 is 1.17. The van der Waals surface area contributed by atoms with Crippen LogP contribution in [0.15, 0.2) is 48.5 Å². The molecule has 302 valence electrons. The molecular weight excluding hydrogens is 733 g/mol. The van der Waals surface area contributed by atoms with Gasteiger partial charge in [0.05, 0.1) is 20.9 Å². The zero-order valence-corrected chi connectivity index (χ0v) is 35.1. The van der Waals surface area contributed by atoms with Gasteiger partial charge in [-0.15, -0.1) is 11.3 Å². The lowest BCUT2D eigenvalue weighted by atomic mass is 10.1. The molecule has 0 unspecified atom stereocenters. The van der Waals surface area contributed by atoms with Gasteiger partial charge >= 0.3 is 11.9 Å². The van der Waals surface area contributed by atoms with Gasteiger partial charge in [0.2, 0.25) is 0 Å². The van der Waals surface area contributed by atoms with Crippen LogP contribution >= 0.6 is 11.3 Å². The number of esters is 2. The maximum absolute atomic E-state index is 12.5. The van der Waals surface area contributed by atoms with E-state index in [1.54, 1.807) is 62.4 Å². The number of carbonyl (C=O) groups excluding carboxylic acids is 2. The number of benzene rings is 2. The fraction of sp³-hybridized carbons (Fsp3) is 0.500. The standard InChI is InChI=1S/C48H58N2O6S/c1-5-7-9-11-13-15-17-19-33-53-37(3)47(51)55-41-27-21-39(22-28-41)25-31-45-43(35-49)44(36-50)46(57-45)32-26-40-23-29-42(30-24-40)56-48(52)38(4)54-34-20-18-16-14-12-10-8-6-2/h21-24,27-30,37-38H,5-20,33-34H2,1-4H3/t37-,38-/m0/s1. The normalized spacial score (nSPS) is 11.5. The van der Waals surface area contributed by atoms with Gasteiger partial charge in [0.15, 0.2) is 12.2 Å². The molecule has 3 rings (SSSR count). The molecule has 0 saturated heterocycles. The summed E-state index contributed by atoms with van der Waals surface area (Å²) in [5, 5.41) is 19.7. The molecule has 2 aromatic carbocycles.